The van der Waals surface area contributed by atoms with E-state index in [1.54, 1.807) is 31.2 Å². The number of carbonyl (C=O) groups is 2. The summed E-state index contributed by atoms with van der Waals surface area (Å²) in [5.74, 6) is -1.30. The van der Waals surface area contributed by atoms with Gasteiger partial charge in [0.2, 0.25) is 0 Å². The van der Waals surface area contributed by atoms with Gasteiger partial charge in [0, 0.05) is 11.6 Å². The third-order valence-corrected chi connectivity index (χ3v) is 4.79. The Morgan fingerprint density at radius 2 is 1.72 bits per heavy atom. The summed E-state index contributed by atoms with van der Waals surface area (Å²) in [5.41, 5.74) is 3.89. The summed E-state index contributed by atoms with van der Waals surface area (Å²) >= 11 is 11.8. The van der Waals surface area contributed by atoms with Gasteiger partial charge < -0.3 is 0 Å². The summed E-state index contributed by atoms with van der Waals surface area (Å²) in [6.07, 6.45) is 0. The molecule has 1 heterocycles. The Labute approximate surface area is 174 Å². The van der Waals surface area contributed by atoms with Gasteiger partial charge in [-0.3, -0.25) is 34.4 Å². The highest BCUT2D eigenvalue weighted by Crippen LogP contribution is 2.20. The molecule has 0 spiro atoms. The molecule has 0 aliphatic heterocycles. The van der Waals surface area contributed by atoms with Crippen LogP contribution in [-0.2, 0) is 17.9 Å². The molecule has 0 saturated carbocycles. The van der Waals surface area contributed by atoms with Gasteiger partial charge in [0.15, 0.2) is 0 Å². The zero-order chi connectivity index (χ0) is 21.1. The van der Waals surface area contributed by atoms with E-state index in [0.29, 0.717) is 15.9 Å². The zero-order valence-corrected chi connectivity index (χ0v) is 16.8. The highest BCUT2D eigenvalue weighted by molar-refractivity contribution is 6.36. The molecule has 0 aliphatic carbocycles. The Hall–Kier alpha value is -3.10. The van der Waals surface area contributed by atoms with Gasteiger partial charge in [0.1, 0.15) is 6.54 Å². The van der Waals surface area contributed by atoms with Gasteiger partial charge in [0.25, 0.3) is 17.4 Å². The summed E-state index contributed by atoms with van der Waals surface area (Å²) in [6.45, 7) is 1.43. The maximum atomic E-state index is 12.6. The van der Waals surface area contributed by atoms with Crippen molar-refractivity contribution in [2.45, 2.75) is 20.0 Å². The van der Waals surface area contributed by atoms with Gasteiger partial charge in [-0.05, 0) is 37.3 Å². The summed E-state index contributed by atoms with van der Waals surface area (Å²) in [4.78, 5) is 49.6. The molecule has 10 heteroatoms. The quantitative estimate of drug-likeness (QED) is 0.612. The van der Waals surface area contributed by atoms with E-state index in [4.69, 9.17) is 23.2 Å². The second-order valence-corrected chi connectivity index (χ2v) is 6.91. The van der Waals surface area contributed by atoms with E-state index in [1.165, 1.54) is 22.8 Å². The fourth-order valence-corrected chi connectivity index (χ4v) is 3.35. The SMILES string of the molecule is CCn1c(=O)c2ccccc2n(CC(=O)NNC(=O)c2ccc(Cl)cc2Cl)c1=O. The van der Waals surface area contributed by atoms with Crippen LogP contribution >= 0.6 is 23.2 Å². The molecule has 0 fully saturated rings. The van der Waals surface area contributed by atoms with Crippen molar-refractivity contribution in [1.29, 1.82) is 0 Å². The van der Waals surface area contributed by atoms with Crippen molar-refractivity contribution in [3.05, 3.63) is 78.9 Å². The zero-order valence-electron chi connectivity index (χ0n) is 15.2. The predicted molar refractivity (Wildman–Crippen MR) is 110 cm³/mol. The fraction of sp³-hybridized carbons (Fsp3) is 0.158. The Morgan fingerprint density at radius 3 is 2.41 bits per heavy atom. The van der Waals surface area contributed by atoms with E-state index in [1.807, 2.05) is 0 Å². The number of aromatic nitrogens is 2. The number of hydrazine groups is 1. The molecule has 0 saturated heterocycles. The standard InChI is InChI=1S/C19H16Cl2N4O4/c1-2-24-18(28)13-5-3-4-6-15(13)25(19(24)29)10-16(26)22-23-17(27)12-8-7-11(20)9-14(12)21/h3-9H,2,10H2,1H3,(H,22,26)(H,23,27). The van der Waals surface area contributed by atoms with Crippen LogP contribution in [0.4, 0.5) is 0 Å². The first kappa shape index (κ1) is 20.6. The molecule has 150 valence electrons. The summed E-state index contributed by atoms with van der Waals surface area (Å²) in [7, 11) is 0. The summed E-state index contributed by atoms with van der Waals surface area (Å²) in [5, 5.41) is 0.813. The number of nitrogens with one attached hydrogen (secondary N) is 2. The van der Waals surface area contributed by atoms with Gasteiger partial charge in [-0.25, -0.2) is 4.79 Å². The summed E-state index contributed by atoms with van der Waals surface area (Å²) < 4.78 is 2.22. The van der Waals surface area contributed by atoms with E-state index in [0.717, 1.165) is 4.57 Å². The van der Waals surface area contributed by atoms with Gasteiger partial charge in [-0.1, -0.05) is 35.3 Å². The van der Waals surface area contributed by atoms with E-state index in [-0.39, 0.29) is 17.1 Å². The molecule has 2 aromatic carbocycles. The number of hydrogen-bond donors (Lipinski definition) is 2. The first-order chi connectivity index (χ1) is 13.8. The molecule has 0 unspecified atom stereocenters. The Morgan fingerprint density at radius 1 is 1.00 bits per heavy atom. The number of benzene rings is 2. The molecular weight excluding hydrogens is 419 g/mol. The van der Waals surface area contributed by atoms with Gasteiger partial charge in [-0.15, -0.1) is 0 Å². The lowest BCUT2D eigenvalue weighted by atomic mass is 10.2. The Kier molecular flexibility index (Phi) is 6.05. The van der Waals surface area contributed by atoms with Crippen molar-refractivity contribution in [3.63, 3.8) is 0 Å². The van der Waals surface area contributed by atoms with Gasteiger partial charge in [-0.2, -0.15) is 0 Å². The van der Waals surface area contributed by atoms with Gasteiger partial charge >= 0.3 is 5.69 Å². The fourth-order valence-electron chi connectivity index (χ4n) is 2.85. The minimum absolute atomic E-state index is 0.124. The van der Waals surface area contributed by atoms with Crippen LogP contribution in [0.5, 0.6) is 0 Å². The minimum atomic E-state index is -0.656. The smallest absolute Gasteiger partial charge is 0.284 e. The molecule has 29 heavy (non-hydrogen) atoms. The van der Waals surface area contributed by atoms with Crippen molar-refractivity contribution in [1.82, 2.24) is 20.0 Å². The molecule has 0 bridgehead atoms. The van der Waals surface area contributed by atoms with E-state index < -0.39 is 29.6 Å². The van der Waals surface area contributed by atoms with Crippen LogP contribution in [0.25, 0.3) is 10.9 Å². The largest absolute Gasteiger partial charge is 0.331 e. The van der Waals surface area contributed by atoms with Crippen molar-refractivity contribution < 1.29 is 9.59 Å². The summed E-state index contributed by atoms with van der Waals surface area (Å²) in [6, 6.07) is 10.8. The normalized spacial score (nSPS) is 10.7. The maximum Gasteiger partial charge on any atom is 0.331 e. The van der Waals surface area contributed by atoms with E-state index in [2.05, 4.69) is 10.9 Å². The molecule has 3 rings (SSSR count). The van der Waals surface area contributed by atoms with E-state index in [9.17, 15) is 19.2 Å². The lowest BCUT2D eigenvalue weighted by molar-refractivity contribution is -0.122. The number of para-hydroxylation sites is 1. The van der Waals surface area contributed by atoms with Crippen molar-refractivity contribution in [2.24, 2.45) is 0 Å². The third-order valence-electron chi connectivity index (χ3n) is 4.24. The monoisotopic (exact) mass is 434 g/mol. The second-order valence-electron chi connectivity index (χ2n) is 6.06. The number of rotatable bonds is 4. The lowest BCUT2D eigenvalue weighted by Gasteiger charge is -2.13. The maximum absolute atomic E-state index is 12.6. The average molecular weight is 435 g/mol. The minimum Gasteiger partial charge on any atom is -0.284 e. The molecule has 0 atom stereocenters. The first-order valence-corrected chi connectivity index (χ1v) is 9.35. The van der Waals surface area contributed by atoms with Crippen LogP contribution in [0.1, 0.15) is 17.3 Å². The Balaban J connectivity index is 1.82. The van der Waals surface area contributed by atoms with Crippen LogP contribution in [0.3, 0.4) is 0 Å². The number of carbonyl (C=O) groups excluding carboxylic acids is 2. The number of fused-ring (bicyclic) bond motifs is 1. The predicted octanol–water partition coefficient (Wildman–Crippen LogP) is 1.95. The topological polar surface area (TPSA) is 102 Å². The Bertz CT molecular complexity index is 1230. The molecule has 0 radical (unpaired) electrons. The molecule has 2 N–H and O–H groups in total. The van der Waals surface area contributed by atoms with Crippen molar-refractivity contribution in [3.8, 4) is 0 Å². The van der Waals surface area contributed by atoms with Crippen LogP contribution in [0, 0.1) is 0 Å². The highest BCUT2D eigenvalue weighted by atomic mass is 35.5. The van der Waals surface area contributed by atoms with Crippen LogP contribution in [-0.4, -0.2) is 20.9 Å². The molecule has 3 aromatic rings. The third kappa shape index (κ3) is 4.18. The molecule has 8 nitrogen and oxygen atoms in total. The first-order valence-electron chi connectivity index (χ1n) is 8.60. The van der Waals surface area contributed by atoms with Crippen molar-refractivity contribution >= 4 is 45.9 Å². The van der Waals surface area contributed by atoms with Crippen LogP contribution in [0.2, 0.25) is 10.0 Å². The molecular formula is C19H16Cl2N4O4. The molecule has 1 aromatic heterocycles. The van der Waals surface area contributed by atoms with Crippen LogP contribution < -0.4 is 22.1 Å². The van der Waals surface area contributed by atoms with E-state index >= 15 is 0 Å². The highest BCUT2D eigenvalue weighted by Gasteiger charge is 2.16. The van der Waals surface area contributed by atoms with Crippen LogP contribution in [0.15, 0.2) is 52.1 Å². The number of halogens is 2. The average Bonchev–Trinajstić information content (AvgIpc) is 2.70. The van der Waals surface area contributed by atoms with Gasteiger partial charge in [0.05, 0.1) is 21.5 Å². The number of hydrogen-bond acceptors (Lipinski definition) is 4. The lowest BCUT2D eigenvalue weighted by Crippen LogP contribution is -2.46. The van der Waals surface area contributed by atoms with Crippen molar-refractivity contribution in [2.75, 3.05) is 0 Å². The second kappa shape index (κ2) is 8.50. The molecule has 2 amide bonds. The number of nitrogens with zero attached hydrogens (tertiary/aromatic N) is 2. The number of amides is 2. The molecule has 0 aliphatic rings.